The first-order chi connectivity index (χ1) is 15.7. The molecule has 4 rings (SSSR count). The molecule has 2 aromatic carbocycles. The summed E-state index contributed by atoms with van der Waals surface area (Å²) in [4.78, 5) is 22.5. The number of carbonyl (C=O) groups is 1. The Morgan fingerprint density at radius 3 is 2.42 bits per heavy atom. The Balaban J connectivity index is 1.60. The van der Waals surface area contributed by atoms with Crippen molar-refractivity contribution in [3.05, 3.63) is 66.4 Å². The zero-order valence-corrected chi connectivity index (χ0v) is 19.7. The molecule has 0 unspecified atom stereocenters. The lowest BCUT2D eigenvalue weighted by molar-refractivity contribution is 0.102. The van der Waals surface area contributed by atoms with Crippen molar-refractivity contribution >= 4 is 42.6 Å². The minimum atomic E-state index is -3.31. The lowest BCUT2D eigenvalue weighted by Crippen LogP contribution is -2.13. The van der Waals surface area contributed by atoms with Crippen LogP contribution in [0.2, 0.25) is 0 Å². The van der Waals surface area contributed by atoms with Gasteiger partial charge < -0.3 is 9.47 Å². The molecule has 0 aliphatic carbocycles. The normalized spacial score (nSPS) is 11.5. The van der Waals surface area contributed by atoms with Crippen LogP contribution >= 0.6 is 11.3 Å². The minimum Gasteiger partial charge on any atom is -0.491 e. The van der Waals surface area contributed by atoms with Gasteiger partial charge in [0.25, 0.3) is 5.91 Å². The van der Waals surface area contributed by atoms with E-state index in [1.807, 2.05) is 19.9 Å². The number of amides is 1. The largest absolute Gasteiger partial charge is 0.491 e. The van der Waals surface area contributed by atoms with Gasteiger partial charge in [0.1, 0.15) is 27.6 Å². The monoisotopic (exact) mass is 483 g/mol. The van der Waals surface area contributed by atoms with E-state index in [2.05, 4.69) is 15.3 Å². The molecule has 0 radical (unpaired) electrons. The Hall–Kier alpha value is -3.50. The fourth-order valence-electron chi connectivity index (χ4n) is 2.99. The van der Waals surface area contributed by atoms with Crippen LogP contribution in [0.1, 0.15) is 24.2 Å². The van der Waals surface area contributed by atoms with Gasteiger partial charge in [0.05, 0.1) is 11.0 Å². The van der Waals surface area contributed by atoms with E-state index in [0.29, 0.717) is 33.5 Å². The molecular weight excluding hydrogens is 462 g/mol. The van der Waals surface area contributed by atoms with Gasteiger partial charge in [0.15, 0.2) is 15.0 Å². The van der Waals surface area contributed by atoms with E-state index >= 15 is 0 Å². The first kappa shape index (κ1) is 22.7. The maximum Gasteiger partial charge on any atom is 0.257 e. The highest BCUT2D eigenvalue weighted by molar-refractivity contribution is 7.90. The first-order valence-electron chi connectivity index (χ1n) is 10.00. The Labute approximate surface area is 195 Å². The van der Waals surface area contributed by atoms with E-state index in [-0.39, 0.29) is 16.9 Å². The summed E-state index contributed by atoms with van der Waals surface area (Å²) in [6.07, 6.45) is 2.70. The van der Waals surface area contributed by atoms with Crippen molar-refractivity contribution in [1.29, 1.82) is 0 Å². The van der Waals surface area contributed by atoms with Crippen LogP contribution in [0.25, 0.3) is 10.3 Å². The molecule has 0 aliphatic heterocycles. The number of pyridine rings is 1. The average Bonchev–Trinajstić information content (AvgIpc) is 3.15. The standard InChI is InChI=1S/C23H21N3O5S2/c1-14(2)30-17-11-15(21(27)26-23-25-20-5-4-10-24-22(20)32-23)12-18(13-17)31-16-6-8-19(9-7-16)33(3,28)29/h4-14H,1-3H3,(H,25,26,27). The number of benzene rings is 2. The summed E-state index contributed by atoms with van der Waals surface area (Å²) in [7, 11) is -3.31. The Morgan fingerprint density at radius 1 is 1.03 bits per heavy atom. The smallest absolute Gasteiger partial charge is 0.257 e. The van der Waals surface area contributed by atoms with E-state index in [1.54, 1.807) is 42.6 Å². The van der Waals surface area contributed by atoms with E-state index in [4.69, 9.17) is 9.47 Å². The zero-order chi connectivity index (χ0) is 23.6. The van der Waals surface area contributed by atoms with Gasteiger partial charge in [-0.15, -0.1) is 0 Å². The highest BCUT2D eigenvalue weighted by Crippen LogP contribution is 2.30. The number of nitrogens with zero attached hydrogens (tertiary/aromatic N) is 2. The second-order valence-electron chi connectivity index (χ2n) is 7.51. The molecule has 1 amide bonds. The summed E-state index contributed by atoms with van der Waals surface area (Å²) >= 11 is 1.28. The van der Waals surface area contributed by atoms with Gasteiger partial charge in [0, 0.05) is 24.1 Å². The number of hydrogen-bond donors (Lipinski definition) is 1. The van der Waals surface area contributed by atoms with Crippen LogP contribution in [0.15, 0.2) is 65.7 Å². The molecule has 2 aromatic heterocycles. The average molecular weight is 484 g/mol. The fourth-order valence-corrected chi connectivity index (χ4v) is 4.42. The third-order valence-electron chi connectivity index (χ3n) is 4.39. The Morgan fingerprint density at radius 2 is 1.76 bits per heavy atom. The van der Waals surface area contributed by atoms with Crippen molar-refractivity contribution in [2.45, 2.75) is 24.8 Å². The zero-order valence-electron chi connectivity index (χ0n) is 18.1. The molecule has 0 saturated heterocycles. The van der Waals surface area contributed by atoms with E-state index in [0.717, 1.165) is 11.1 Å². The predicted octanol–water partition coefficient (Wildman–Crippen LogP) is 4.93. The van der Waals surface area contributed by atoms with Crippen LogP contribution < -0.4 is 14.8 Å². The molecule has 0 saturated carbocycles. The molecule has 2 heterocycles. The third-order valence-corrected chi connectivity index (χ3v) is 6.41. The van der Waals surface area contributed by atoms with Crippen molar-refractivity contribution in [3.63, 3.8) is 0 Å². The van der Waals surface area contributed by atoms with Crippen molar-refractivity contribution in [3.8, 4) is 17.2 Å². The lowest BCUT2D eigenvalue weighted by Gasteiger charge is -2.14. The topological polar surface area (TPSA) is 107 Å². The SMILES string of the molecule is CC(C)Oc1cc(Oc2ccc(S(C)(=O)=O)cc2)cc(C(=O)Nc2nc3cccnc3s2)c1. The Kier molecular flexibility index (Phi) is 6.30. The highest BCUT2D eigenvalue weighted by atomic mass is 32.2. The number of rotatable bonds is 7. The van der Waals surface area contributed by atoms with Crippen molar-refractivity contribution < 1.29 is 22.7 Å². The van der Waals surface area contributed by atoms with Crippen LogP contribution in [0.4, 0.5) is 5.13 Å². The summed E-state index contributed by atoms with van der Waals surface area (Å²) in [5.41, 5.74) is 1.03. The summed E-state index contributed by atoms with van der Waals surface area (Å²) in [5, 5.41) is 3.23. The van der Waals surface area contributed by atoms with Crippen LogP contribution in [0.5, 0.6) is 17.2 Å². The predicted molar refractivity (Wildman–Crippen MR) is 127 cm³/mol. The van der Waals surface area contributed by atoms with E-state index in [1.165, 1.54) is 23.5 Å². The van der Waals surface area contributed by atoms with Gasteiger partial charge in [-0.25, -0.2) is 18.4 Å². The van der Waals surface area contributed by atoms with Gasteiger partial charge in [0.2, 0.25) is 0 Å². The van der Waals surface area contributed by atoms with Crippen LogP contribution in [0, 0.1) is 0 Å². The lowest BCUT2D eigenvalue weighted by atomic mass is 10.2. The highest BCUT2D eigenvalue weighted by Gasteiger charge is 2.15. The molecule has 0 atom stereocenters. The van der Waals surface area contributed by atoms with Gasteiger partial charge in [-0.1, -0.05) is 11.3 Å². The fraction of sp³-hybridized carbons (Fsp3) is 0.174. The number of nitrogens with one attached hydrogen (secondary N) is 1. The number of thiazole rings is 1. The summed E-state index contributed by atoms with van der Waals surface area (Å²) in [6, 6.07) is 14.5. The number of hydrogen-bond acceptors (Lipinski definition) is 8. The van der Waals surface area contributed by atoms with Crippen molar-refractivity contribution in [2.75, 3.05) is 11.6 Å². The molecule has 0 spiro atoms. The number of sulfone groups is 1. The van der Waals surface area contributed by atoms with Gasteiger partial charge in [-0.2, -0.15) is 0 Å². The molecule has 0 aliphatic rings. The summed E-state index contributed by atoms with van der Waals surface area (Å²) in [6.45, 7) is 3.76. The van der Waals surface area contributed by atoms with E-state index in [9.17, 15) is 13.2 Å². The van der Waals surface area contributed by atoms with Crippen molar-refractivity contribution in [1.82, 2.24) is 9.97 Å². The number of anilines is 1. The second kappa shape index (κ2) is 9.16. The number of fused-ring (bicyclic) bond motifs is 1. The molecule has 0 fully saturated rings. The molecule has 4 aromatic rings. The molecule has 0 bridgehead atoms. The number of aromatic nitrogens is 2. The molecule has 8 nitrogen and oxygen atoms in total. The third kappa shape index (κ3) is 5.65. The summed E-state index contributed by atoms with van der Waals surface area (Å²) < 4.78 is 35.0. The molecule has 10 heteroatoms. The molecule has 1 N–H and O–H groups in total. The first-order valence-corrected chi connectivity index (χ1v) is 12.7. The maximum absolute atomic E-state index is 12.9. The molecular formula is C23H21N3O5S2. The van der Waals surface area contributed by atoms with E-state index < -0.39 is 9.84 Å². The van der Waals surface area contributed by atoms with Crippen LogP contribution in [-0.4, -0.2) is 36.7 Å². The number of carbonyl (C=O) groups excluding carboxylic acids is 1. The minimum absolute atomic E-state index is 0.111. The number of ether oxygens (including phenoxy) is 2. The molecule has 33 heavy (non-hydrogen) atoms. The van der Waals surface area contributed by atoms with Crippen LogP contribution in [0.3, 0.4) is 0 Å². The Bertz CT molecular complexity index is 1380. The maximum atomic E-state index is 12.9. The quantitative estimate of drug-likeness (QED) is 0.397. The summed E-state index contributed by atoms with van der Waals surface area (Å²) in [5.74, 6) is 0.885. The van der Waals surface area contributed by atoms with Gasteiger partial charge >= 0.3 is 0 Å². The van der Waals surface area contributed by atoms with Gasteiger partial charge in [-0.3, -0.25) is 10.1 Å². The van der Waals surface area contributed by atoms with Crippen molar-refractivity contribution in [2.24, 2.45) is 0 Å². The van der Waals surface area contributed by atoms with Gasteiger partial charge in [-0.05, 0) is 62.4 Å². The second-order valence-corrected chi connectivity index (χ2v) is 10.5. The molecule has 170 valence electrons. The van der Waals surface area contributed by atoms with Crippen LogP contribution in [-0.2, 0) is 9.84 Å².